The van der Waals surface area contributed by atoms with Gasteiger partial charge in [-0.05, 0) is 42.9 Å². The minimum absolute atomic E-state index is 0.0386. The van der Waals surface area contributed by atoms with Crippen LogP contribution in [0.1, 0.15) is 19.4 Å². The van der Waals surface area contributed by atoms with E-state index in [2.05, 4.69) is 36.2 Å². The second-order valence-corrected chi connectivity index (χ2v) is 9.46. The molecule has 7 heteroatoms. The fourth-order valence-corrected chi connectivity index (χ4v) is 5.75. The lowest BCUT2D eigenvalue weighted by molar-refractivity contribution is -0.123. The maximum Gasteiger partial charge on any atom is 0.252 e. The summed E-state index contributed by atoms with van der Waals surface area (Å²) in [6, 6.07) is 6.82. The summed E-state index contributed by atoms with van der Waals surface area (Å²) in [6.45, 7) is 7.45. The third-order valence-corrected chi connectivity index (χ3v) is 7.13. The number of nitrogens with one attached hydrogen (secondary N) is 1. The van der Waals surface area contributed by atoms with Crippen LogP contribution in [-0.4, -0.2) is 59.9 Å². The molecule has 4 atom stereocenters. The normalized spacial score (nSPS) is 29.4. The minimum atomic E-state index is 0.0386. The van der Waals surface area contributed by atoms with E-state index in [1.54, 1.807) is 6.08 Å². The summed E-state index contributed by atoms with van der Waals surface area (Å²) in [5.41, 5.74) is 2.16. The Morgan fingerprint density at radius 2 is 1.86 bits per heavy atom. The molecule has 4 heterocycles. The minimum Gasteiger partial charge on any atom is -0.486 e. The van der Waals surface area contributed by atoms with Crippen LogP contribution in [-0.2, 0) is 4.79 Å². The van der Waals surface area contributed by atoms with E-state index in [9.17, 15) is 4.79 Å². The molecule has 4 aliphatic rings. The molecule has 1 fully saturated rings. The molecule has 152 valence electrons. The smallest absolute Gasteiger partial charge is 0.252 e. The Morgan fingerprint density at radius 1 is 1.10 bits per heavy atom. The number of carbonyl (C=O) groups is 1. The van der Waals surface area contributed by atoms with E-state index in [4.69, 9.17) is 9.47 Å². The van der Waals surface area contributed by atoms with Crippen molar-refractivity contribution in [2.75, 3.05) is 26.3 Å². The topological polar surface area (TPSA) is 54.0 Å². The molecular weight excluding hydrogens is 385 g/mol. The predicted octanol–water partition coefficient (Wildman–Crippen LogP) is 2.74. The van der Waals surface area contributed by atoms with E-state index < -0.39 is 0 Å². The molecule has 0 saturated carbocycles. The summed E-state index contributed by atoms with van der Waals surface area (Å²) >= 11 is 0. The number of fused-ring (bicyclic) bond motifs is 2. The highest BCUT2D eigenvalue weighted by Crippen LogP contribution is 2.46. The molecule has 0 bridgehead atoms. The van der Waals surface area contributed by atoms with Gasteiger partial charge < -0.3 is 24.6 Å². The van der Waals surface area contributed by atoms with Gasteiger partial charge in [0.25, 0.3) is 5.91 Å². The number of hydrogen-bond donors (Lipinski definition) is 1. The van der Waals surface area contributed by atoms with Gasteiger partial charge in [-0.15, -0.1) is 0 Å². The second-order valence-electron chi connectivity index (χ2n) is 8.04. The first-order valence-corrected chi connectivity index (χ1v) is 11.3. The lowest BCUT2D eigenvalue weighted by Gasteiger charge is -2.41. The SMILES string of the molecule is CC1CN(C2=CN3C(=O)C=C(c4ccc5c(c4)OCCO5)PC3C=C2)C[C@H](C)N1. The zero-order chi connectivity index (χ0) is 20.0. The number of nitrogens with zero attached hydrogens (tertiary/aromatic N) is 2. The summed E-state index contributed by atoms with van der Waals surface area (Å²) in [5.74, 6) is 1.66. The number of allylic oxidation sites excluding steroid dienone is 1. The van der Waals surface area contributed by atoms with Gasteiger partial charge in [-0.1, -0.05) is 20.7 Å². The van der Waals surface area contributed by atoms with Gasteiger partial charge in [0, 0.05) is 37.4 Å². The van der Waals surface area contributed by atoms with E-state index in [1.807, 2.05) is 29.3 Å². The van der Waals surface area contributed by atoms with Crippen molar-refractivity contribution in [3.8, 4) is 11.5 Å². The van der Waals surface area contributed by atoms with Gasteiger partial charge in [-0.3, -0.25) is 4.79 Å². The Morgan fingerprint density at radius 3 is 2.66 bits per heavy atom. The van der Waals surface area contributed by atoms with Crippen LogP contribution < -0.4 is 14.8 Å². The lowest BCUT2D eigenvalue weighted by atomic mass is 10.1. The monoisotopic (exact) mass is 411 g/mol. The summed E-state index contributed by atoms with van der Waals surface area (Å²) < 4.78 is 11.3. The fraction of sp³-hybridized carbons (Fsp3) is 0.409. The number of rotatable bonds is 2. The maximum absolute atomic E-state index is 12.9. The number of carbonyl (C=O) groups excluding carboxylic acids is 1. The molecule has 4 aliphatic heterocycles. The second kappa shape index (κ2) is 7.51. The van der Waals surface area contributed by atoms with Crippen molar-refractivity contribution in [3.63, 3.8) is 0 Å². The molecule has 6 nitrogen and oxygen atoms in total. The molecule has 0 aromatic heterocycles. The molecular formula is C22H26N3O3P. The molecule has 1 aromatic carbocycles. The highest BCUT2D eigenvalue weighted by Gasteiger charge is 2.31. The first-order chi connectivity index (χ1) is 14.1. The Balaban J connectivity index is 1.38. The molecule has 1 N–H and O–H groups in total. The first-order valence-electron chi connectivity index (χ1n) is 10.2. The Hall–Kier alpha value is -2.30. The molecule has 29 heavy (non-hydrogen) atoms. The van der Waals surface area contributed by atoms with Crippen LogP contribution in [0.4, 0.5) is 0 Å². The first kappa shape index (κ1) is 18.7. The predicted molar refractivity (Wildman–Crippen MR) is 115 cm³/mol. The summed E-state index contributed by atoms with van der Waals surface area (Å²) in [6.07, 6.45) is 8.16. The van der Waals surface area contributed by atoms with Gasteiger partial charge in [-0.25, -0.2) is 0 Å². The van der Waals surface area contributed by atoms with Crippen molar-refractivity contribution in [2.24, 2.45) is 0 Å². The molecule has 1 amide bonds. The molecule has 0 aliphatic carbocycles. The largest absolute Gasteiger partial charge is 0.486 e. The van der Waals surface area contributed by atoms with Gasteiger partial charge in [-0.2, -0.15) is 0 Å². The number of benzene rings is 1. The van der Waals surface area contributed by atoms with Gasteiger partial charge in [0.2, 0.25) is 0 Å². The van der Waals surface area contributed by atoms with Gasteiger partial charge in [0.1, 0.15) is 13.2 Å². The lowest BCUT2D eigenvalue weighted by Crippen LogP contribution is -2.54. The Bertz CT molecular complexity index is 916. The fourth-order valence-electron chi connectivity index (χ4n) is 4.37. The van der Waals surface area contributed by atoms with Crippen molar-refractivity contribution in [3.05, 3.63) is 53.9 Å². The van der Waals surface area contributed by atoms with Crippen LogP contribution in [0, 0.1) is 0 Å². The van der Waals surface area contributed by atoms with Crippen LogP contribution in [0.3, 0.4) is 0 Å². The van der Waals surface area contributed by atoms with Crippen LogP contribution in [0.5, 0.6) is 11.5 Å². The molecule has 0 radical (unpaired) electrons. The highest BCUT2D eigenvalue weighted by atomic mass is 31.1. The zero-order valence-electron chi connectivity index (χ0n) is 16.7. The van der Waals surface area contributed by atoms with Crippen molar-refractivity contribution in [1.29, 1.82) is 0 Å². The van der Waals surface area contributed by atoms with Gasteiger partial charge >= 0.3 is 0 Å². The highest BCUT2D eigenvalue weighted by molar-refractivity contribution is 7.51. The quantitative estimate of drug-likeness (QED) is 0.759. The third kappa shape index (κ3) is 3.67. The molecule has 1 aromatic rings. The average molecular weight is 411 g/mol. The van der Waals surface area contributed by atoms with E-state index in [0.29, 0.717) is 33.9 Å². The molecule has 5 rings (SSSR count). The van der Waals surface area contributed by atoms with Crippen LogP contribution in [0.15, 0.2) is 48.3 Å². The van der Waals surface area contributed by atoms with Crippen molar-refractivity contribution >= 4 is 19.8 Å². The van der Waals surface area contributed by atoms with Crippen molar-refractivity contribution < 1.29 is 14.3 Å². The van der Waals surface area contributed by atoms with Crippen LogP contribution in [0.2, 0.25) is 0 Å². The standard InChI is InChI=1S/C22H26N3O3P/c1-14-11-24(12-15(2)23-14)17-4-6-22-25(13-17)21(26)10-20(29-22)16-3-5-18-19(9-16)28-8-7-27-18/h3-6,9-10,13-15,22-23,29H,7-8,11-12H2,1-2H3/t14-,15?,22?/m0/s1. The summed E-state index contributed by atoms with van der Waals surface area (Å²) in [7, 11) is 0.495. The Labute approximate surface area is 173 Å². The van der Waals surface area contributed by atoms with E-state index in [1.165, 1.54) is 0 Å². The van der Waals surface area contributed by atoms with E-state index >= 15 is 0 Å². The third-order valence-electron chi connectivity index (χ3n) is 5.62. The van der Waals surface area contributed by atoms with Crippen molar-refractivity contribution in [1.82, 2.24) is 15.1 Å². The maximum atomic E-state index is 12.9. The number of ether oxygens (including phenoxy) is 2. The summed E-state index contributed by atoms with van der Waals surface area (Å²) in [4.78, 5) is 17.2. The number of hydrogen-bond acceptors (Lipinski definition) is 5. The van der Waals surface area contributed by atoms with Crippen LogP contribution >= 0.6 is 8.58 Å². The zero-order valence-corrected chi connectivity index (χ0v) is 17.7. The number of piperazine rings is 1. The average Bonchev–Trinajstić information content (AvgIpc) is 2.72. The van der Waals surface area contributed by atoms with E-state index in [0.717, 1.165) is 41.2 Å². The van der Waals surface area contributed by atoms with Crippen molar-refractivity contribution in [2.45, 2.75) is 31.7 Å². The number of amides is 1. The van der Waals surface area contributed by atoms with Crippen LogP contribution in [0.25, 0.3) is 5.31 Å². The van der Waals surface area contributed by atoms with Gasteiger partial charge in [0.05, 0.1) is 11.5 Å². The molecule has 1 saturated heterocycles. The molecule has 3 unspecified atom stereocenters. The van der Waals surface area contributed by atoms with E-state index in [-0.39, 0.29) is 11.7 Å². The van der Waals surface area contributed by atoms with Gasteiger partial charge in [0.15, 0.2) is 11.5 Å². The molecule has 0 spiro atoms. The Kier molecular flexibility index (Phi) is 4.84. The summed E-state index contributed by atoms with van der Waals surface area (Å²) in [5, 5.41) is 4.63.